The Morgan fingerprint density at radius 2 is 1.96 bits per heavy atom. The van der Waals surface area contributed by atoms with E-state index in [1.165, 1.54) is 18.2 Å². The van der Waals surface area contributed by atoms with Crippen LogP contribution in [0.1, 0.15) is 25.8 Å². The number of nitro groups is 1. The van der Waals surface area contributed by atoms with Crippen LogP contribution in [0.5, 0.6) is 11.6 Å². The van der Waals surface area contributed by atoms with Gasteiger partial charge in [0.25, 0.3) is 5.69 Å². The normalized spacial score (nSPS) is 11.9. The third-order valence-electron chi connectivity index (χ3n) is 3.50. The Hall–Kier alpha value is -2.88. The lowest BCUT2D eigenvalue weighted by Gasteiger charge is -2.17. The van der Waals surface area contributed by atoms with Crippen LogP contribution in [0.2, 0.25) is 0 Å². The van der Waals surface area contributed by atoms with Crippen molar-refractivity contribution in [3.8, 4) is 11.6 Å². The molecule has 2 aromatic rings. The van der Waals surface area contributed by atoms with E-state index in [1.54, 1.807) is 13.8 Å². The number of hydrogen-bond donors (Lipinski definition) is 2. The number of nitrogens with zero attached hydrogens (tertiary/aromatic N) is 2. The molecule has 7 nitrogen and oxygen atoms in total. The van der Waals surface area contributed by atoms with E-state index < -0.39 is 22.3 Å². The Balaban J connectivity index is 2.17. The van der Waals surface area contributed by atoms with Gasteiger partial charge in [-0.3, -0.25) is 10.1 Å². The Labute approximate surface area is 153 Å². The maximum absolute atomic E-state index is 12.6. The molecular formula is C17H18F3N3O4. The standard InChI is InChI=1S/C17H18F3N3O4/c1-16(2,24)7-8-21-13-9-12(4-5-14(13)23(25)26)27-15-6-3-11(10-22-15)17(18,19)20/h3-6,9-10,21,24H,7-8H2,1-2H3. The van der Waals surface area contributed by atoms with E-state index in [0.29, 0.717) is 12.6 Å². The molecule has 0 aliphatic heterocycles. The zero-order valence-corrected chi connectivity index (χ0v) is 14.6. The van der Waals surface area contributed by atoms with Gasteiger partial charge >= 0.3 is 6.18 Å². The van der Waals surface area contributed by atoms with Crippen molar-refractivity contribution in [3.63, 3.8) is 0 Å². The molecule has 0 amide bonds. The highest BCUT2D eigenvalue weighted by Gasteiger charge is 2.30. The van der Waals surface area contributed by atoms with Crippen molar-refractivity contribution in [1.29, 1.82) is 0 Å². The van der Waals surface area contributed by atoms with Gasteiger partial charge < -0.3 is 15.2 Å². The van der Waals surface area contributed by atoms with Crippen LogP contribution in [0, 0.1) is 10.1 Å². The van der Waals surface area contributed by atoms with Gasteiger partial charge in [0.2, 0.25) is 5.88 Å². The maximum Gasteiger partial charge on any atom is 0.417 e. The molecular weight excluding hydrogens is 367 g/mol. The van der Waals surface area contributed by atoms with Gasteiger partial charge in [-0.15, -0.1) is 0 Å². The van der Waals surface area contributed by atoms with Gasteiger partial charge in [0.1, 0.15) is 11.4 Å². The van der Waals surface area contributed by atoms with Crippen LogP contribution in [0.15, 0.2) is 36.5 Å². The second-order valence-corrected chi connectivity index (χ2v) is 6.41. The van der Waals surface area contributed by atoms with E-state index in [-0.39, 0.29) is 29.5 Å². The first-order chi connectivity index (χ1) is 12.5. The first-order valence-corrected chi connectivity index (χ1v) is 7.91. The van der Waals surface area contributed by atoms with Crippen LogP contribution >= 0.6 is 0 Å². The smallest absolute Gasteiger partial charge is 0.417 e. The summed E-state index contributed by atoms with van der Waals surface area (Å²) in [6.07, 6.45) is -3.52. The quantitative estimate of drug-likeness (QED) is 0.542. The highest BCUT2D eigenvalue weighted by atomic mass is 19.4. The average molecular weight is 385 g/mol. The summed E-state index contributed by atoms with van der Waals surface area (Å²) in [5.74, 6) is 0.0814. The van der Waals surface area contributed by atoms with Gasteiger partial charge in [-0.25, -0.2) is 4.98 Å². The fourth-order valence-corrected chi connectivity index (χ4v) is 2.11. The maximum atomic E-state index is 12.6. The topological polar surface area (TPSA) is 97.5 Å². The summed E-state index contributed by atoms with van der Waals surface area (Å²) < 4.78 is 43.0. The van der Waals surface area contributed by atoms with Crippen molar-refractivity contribution in [1.82, 2.24) is 4.98 Å². The van der Waals surface area contributed by atoms with Crippen molar-refractivity contribution in [2.75, 3.05) is 11.9 Å². The number of hydrogen-bond acceptors (Lipinski definition) is 6. The number of benzene rings is 1. The summed E-state index contributed by atoms with van der Waals surface area (Å²) in [5.41, 5.74) is -1.89. The van der Waals surface area contributed by atoms with Gasteiger partial charge in [-0.1, -0.05) is 0 Å². The molecule has 0 atom stereocenters. The summed E-state index contributed by atoms with van der Waals surface area (Å²) in [6, 6.07) is 5.77. The number of nitro benzene ring substituents is 1. The zero-order valence-electron chi connectivity index (χ0n) is 14.6. The lowest BCUT2D eigenvalue weighted by atomic mass is 10.1. The Bertz CT molecular complexity index is 803. The first kappa shape index (κ1) is 20.4. The van der Waals surface area contributed by atoms with Crippen LogP contribution in [-0.2, 0) is 6.18 Å². The number of pyridine rings is 1. The van der Waals surface area contributed by atoms with Gasteiger partial charge in [0.15, 0.2) is 0 Å². The summed E-state index contributed by atoms with van der Waals surface area (Å²) in [5, 5.41) is 23.7. The molecule has 0 aliphatic carbocycles. The van der Waals surface area contributed by atoms with Crippen molar-refractivity contribution < 1.29 is 27.9 Å². The molecule has 1 heterocycles. The van der Waals surface area contributed by atoms with Crippen molar-refractivity contribution in [2.24, 2.45) is 0 Å². The average Bonchev–Trinajstić information content (AvgIpc) is 2.53. The molecule has 0 saturated heterocycles. The number of ether oxygens (including phenoxy) is 1. The SMILES string of the molecule is CC(C)(O)CCNc1cc(Oc2ccc(C(F)(F)F)cn2)ccc1[N+](=O)[O-]. The number of aromatic nitrogens is 1. The lowest BCUT2D eigenvalue weighted by Crippen LogP contribution is -2.22. The van der Waals surface area contributed by atoms with Crippen LogP contribution in [0.4, 0.5) is 24.5 Å². The molecule has 2 rings (SSSR count). The molecule has 0 bridgehead atoms. The molecule has 27 heavy (non-hydrogen) atoms. The summed E-state index contributed by atoms with van der Waals surface area (Å²) in [7, 11) is 0. The molecule has 0 spiro atoms. The Morgan fingerprint density at radius 3 is 2.48 bits per heavy atom. The Kier molecular flexibility index (Phi) is 5.89. The number of rotatable bonds is 7. The third-order valence-corrected chi connectivity index (χ3v) is 3.50. The summed E-state index contributed by atoms with van der Waals surface area (Å²) in [6.45, 7) is 3.49. The van der Waals surface area contributed by atoms with Crippen LogP contribution in [-0.4, -0.2) is 27.2 Å². The van der Waals surface area contributed by atoms with E-state index >= 15 is 0 Å². The minimum absolute atomic E-state index is 0.0840. The van der Waals surface area contributed by atoms with E-state index in [9.17, 15) is 28.4 Å². The minimum Gasteiger partial charge on any atom is -0.439 e. The Morgan fingerprint density at radius 1 is 1.26 bits per heavy atom. The molecule has 10 heteroatoms. The van der Waals surface area contributed by atoms with Crippen molar-refractivity contribution in [2.45, 2.75) is 32.0 Å². The molecule has 0 saturated carbocycles. The molecule has 146 valence electrons. The summed E-state index contributed by atoms with van der Waals surface area (Å²) >= 11 is 0. The van der Waals surface area contributed by atoms with Crippen molar-refractivity contribution >= 4 is 11.4 Å². The number of halogens is 3. The van der Waals surface area contributed by atoms with Crippen LogP contribution in [0.3, 0.4) is 0 Å². The largest absolute Gasteiger partial charge is 0.439 e. The van der Waals surface area contributed by atoms with Gasteiger partial charge in [0.05, 0.1) is 16.1 Å². The second kappa shape index (κ2) is 7.78. The number of alkyl halides is 3. The predicted molar refractivity (Wildman–Crippen MR) is 91.8 cm³/mol. The highest BCUT2D eigenvalue weighted by molar-refractivity contribution is 5.64. The van der Waals surface area contributed by atoms with Crippen molar-refractivity contribution in [3.05, 3.63) is 52.2 Å². The lowest BCUT2D eigenvalue weighted by molar-refractivity contribution is -0.384. The molecule has 0 unspecified atom stereocenters. The second-order valence-electron chi connectivity index (χ2n) is 6.41. The molecule has 1 aromatic carbocycles. The number of nitrogens with one attached hydrogen (secondary N) is 1. The predicted octanol–water partition coefficient (Wildman–Crippen LogP) is 4.37. The van der Waals surface area contributed by atoms with Gasteiger partial charge in [-0.2, -0.15) is 13.2 Å². The third kappa shape index (κ3) is 6.10. The zero-order chi connectivity index (χ0) is 20.2. The number of anilines is 1. The fraction of sp³-hybridized carbons (Fsp3) is 0.353. The molecule has 0 fully saturated rings. The number of aliphatic hydroxyl groups is 1. The molecule has 0 aliphatic rings. The van der Waals surface area contributed by atoms with Gasteiger partial charge in [-0.05, 0) is 32.4 Å². The molecule has 1 aromatic heterocycles. The van der Waals surface area contributed by atoms with Gasteiger partial charge in [0, 0.05) is 30.9 Å². The fourth-order valence-electron chi connectivity index (χ4n) is 2.11. The minimum atomic E-state index is -4.50. The van der Waals surface area contributed by atoms with E-state index in [4.69, 9.17) is 4.74 Å². The van der Waals surface area contributed by atoms with Crippen LogP contribution in [0.25, 0.3) is 0 Å². The monoisotopic (exact) mass is 385 g/mol. The molecule has 2 N–H and O–H groups in total. The van der Waals surface area contributed by atoms with E-state index in [1.807, 2.05) is 0 Å². The molecule has 0 radical (unpaired) electrons. The van der Waals surface area contributed by atoms with E-state index in [0.717, 1.165) is 12.1 Å². The first-order valence-electron chi connectivity index (χ1n) is 7.91. The van der Waals surface area contributed by atoms with Crippen LogP contribution < -0.4 is 10.1 Å². The highest BCUT2D eigenvalue weighted by Crippen LogP contribution is 2.33. The van der Waals surface area contributed by atoms with E-state index in [2.05, 4.69) is 10.3 Å². The summed E-state index contributed by atoms with van der Waals surface area (Å²) in [4.78, 5) is 14.2.